The number of aromatic nitrogens is 1. The highest BCUT2D eigenvalue weighted by atomic mass is 79.9. The van der Waals surface area contributed by atoms with Gasteiger partial charge in [0.1, 0.15) is 4.60 Å². The van der Waals surface area contributed by atoms with Crippen LogP contribution in [0.25, 0.3) is 6.08 Å². The van der Waals surface area contributed by atoms with Crippen molar-refractivity contribution in [3.05, 3.63) is 62.8 Å². The molecule has 0 aliphatic carbocycles. The number of carbonyl (C=O) groups excluding carboxylic acids is 1. The third-order valence-corrected chi connectivity index (χ3v) is 3.54. The van der Waals surface area contributed by atoms with E-state index in [2.05, 4.69) is 32.8 Å². The van der Waals surface area contributed by atoms with E-state index in [-0.39, 0.29) is 21.5 Å². The molecule has 1 N–H and O–H groups in total. The first kappa shape index (κ1) is 15.0. The Hall–Kier alpha value is -1.36. The van der Waals surface area contributed by atoms with Crippen LogP contribution in [-0.4, -0.2) is 10.9 Å². The van der Waals surface area contributed by atoms with E-state index in [0.29, 0.717) is 10.3 Å². The number of amides is 1. The van der Waals surface area contributed by atoms with Gasteiger partial charge in [-0.15, -0.1) is 0 Å². The number of hydrogen-bond donors (Lipinski definition) is 1. The largest absolute Gasteiger partial charge is 0.322 e. The molecule has 0 aliphatic rings. The van der Waals surface area contributed by atoms with Gasteiger partial charge in [-0.05, 0) is 45.8 Å². The summed E-state index contributed by atoms with van der Waals surface area (Å²) in [4.78, 5) is 16.2. The van der Waals surface area contributed by atoms with Gasteiger partial charge in [0.2, 0.25) is 0 Å². The number of nitrogens with one attached hydrogen (secondary N) is 1. The van der Waals surface area contributed by atoms with Gasteiger partial charge in [-0.2, -0.15) is 0 Å². The molecule has 0 spiro atoms. The number of halogens is 3. The van der Waals surface area contributed by atoms with Crippen LogP contribution >= 0.6 is 39.1 Å². The van der Waals surface area contributed by atoms with Crippen molar-refractivity contribution in [1.29, 1.82) is 0 Å². The number of anilines is 1. The topological polar surface area (TPSA) is 42.0 Å². The fourth-order valence-electron chi connectivity index (χ4n) is 1.60. The van der Waals surface area contributed by atoms with Crippen molar-refractivity contribution in [2.75, 3.05) is 5.32 Å². The highest BCUT2D eigenvalue weighted by Gasteiger charge is 2.16. The van der Waals surface area contributed by atoms with Crippen molar-refractivity contribution >= 4 is 56.8 Å². The summed E-state index contributed by atoms with van der Waals surface area (Å²) in [5.74, 6) is -0.381. The van der Waals surface area contributed by atoms with Gasteiger partial charge in [-0.1, -0.05) is 35.9 Å². The Kier molecular flexibility index (Phi) is 4.81. The maximum absolute atomic E-state index is 12.2. The van der Waals surface area contributed by atoms with Crippen LogP contribution in [0, 0.1) is 0 Å². The first-order chi connectivity index (χ1) is 9.51. The predicted octanol–water partition coefficient (Wildman–Crippen LogP) is 5.05. The summed E-state index contributed by atoms with van der Waals surface area (Å²) in [6, 6.07) is 6.62. The molecule has 1 aromatic carbocycles. The number of carbonyl (C=O) groups is 1. The third kappa shape index (κ3) is 3.39. The van der Waals surface area contributed by atoms with E-state index in [0.717, 1.165) is 5.56 Å². The fraction of sp³-hybridized carbons (Fsp3) is 0. The van der Waals surface area contributed by atoms with E-state index in [1.165, 1.54) is 0 Å². The summed E-state index contributed by atoms with van der Waals surface area (Å²) in [7, 11) is 0. The minimum atomic E-state index is -0.381. The molecule has 0 radical (unpaired) electrons. The maximum atomic E-state index is 12.2. The fourth-order valence-corrected chi connectivity index (χ4v) is 2.64. The number of pyridine rings is 1. The number of rotatable bonds is 3. The molecule has 1 amide bonds. The molecule has 20 heavy (non-hydrogen) atoms. The Morgan fingerprint density at radius 1 is 1.30 bits per heavy atom. The molecule has 102 valence electrons. The van der Waals surface area contributed by atoms with Gasteiger partial charge < -0.3 is 5.32 Å². The van der Waals surface area contributed by atoms with Crippen LogP contribution in [-0.2, 0) is 0 Å². The predicted molar refractivity (Wildman–Crippen MR) is 86.4 cm³/mol. The second-order valence-corrected chi connectivity index (χ2v) is 5.51. The molecule has 1 heterocycles. The Morgan fingerprint density at radius 3 is 2.50 bits per heavy atom. The Bertz CT molecular complexity index is 666. The van der Waals surface area contributed by atoms with Gasteiger partial charge in [0.25, 0.3) is 5.91 Å². The molecule has 0 saturated carbocycles. The van der Waals surface area contributed by atoms with Gasteiger partial charge in [0.15, 0.2) is 0 Å². The normalized spacial score (nSPS) is 10.2. The van der Waals surface area contributed by atoms with Crippen molar-refractivity contribution in [3.8, 4) is 0 Å². The summed E-state index contributed by atoms with van der Waals surface area (Å²) in [6.45, 7) is 3.64. The quantitative estimate of drug-likeness (QED) is 0.767. The first-order valence-corrected chi connectivity index (χ1v) is 7.10. The van der Waals surface area contributed by atoms with E-state index in [4.69, 9.17) is 23.2 Å². The highest BCUT2D eigenvalue weighted by Crippen LogP contribution is 2.28. The second kappa shape index (κ2) is 6.39. The van der Waals surface area contributed by atoms with Gasteiger partial charge >= 0.3 is 0 Å². The lowest BCUT2D eigenvalue weighted by Crippen LogP contribution is -2.13. The summed E-state index contributed by atoms with van der Waals surface area (Å²) in [6.07, 6.45) is 3.18. The molecule has 6 heteroatoms. The number of nitrogens with zero attached hydrogens (tertiary/aromatic N) is 1. The summed E-state index contributed by atoms with van der Waals surface area (Å²) in [5, 5.41) is 3.27. The monoisotopic (exact) mass is 370 g/mol. The van der Waals surface area contributed by atoms with Crippen LogP contribution in [0.2, 0.25) is 10.0 Å². The molecule has 2 aromatic rings. The number of hydrogen-bond acceptors (Lipinski definition) is 2. The van der Waals surface area contributed by atoms with Crippen molar-refractivity contribution in [2.24, 2.45) is 0 Å². The van der Waals surface area contributed by atoms with Crippen LogP contribution < -0.4 is 5.32 Å². The molecule has 2 rings (SSSR count). The van der Waals surface area contributed by atoms with E-state index < -0.39 is 0 Å². The lowest BCUT2D eigenvalue weighted by molar-refractivity contribution is 0.102. The van der Waals surface area contributed by atoms with Gasteiger partial charge in [-0.25, -0.2) is 4.98 Å². The minimum absolute atomic E-state index is 0.229. The smallest absolute Gasteiger partial charge is 0.258 e. The van der Waals surface area contributed by atoms with Crippen molar-refractivity contribution in [1.82, 2.24) is 4.98 Å². The molecule has 0 aliphatic heterocycles. The molecule has 0 fully saturated rings. The maximum Gasteiger partial charge on any atom is 0.258 e. The average Bonchev–Trinajstić information content (AvgIpc) is 2.37. The molecular formula is C14H9BrCl2N2O. The number of benzene rings is 1. The zero-order valence-electron chi connectivity index (χ0n) is 10.2. The van der Waals surface area contributed by atoms with E-state index in [1.807, 2.05) is 0 Å². The van der Waals surface area contributed by atoms with Crippen LogP contribution in [0.1, 0.15) is 15.9 Å². The average molecular weight is 372 g/mol. The van der Waals surface area contributed by atoms with Crippen LogP contribution in [0.4, 0.5) is 5.69 Å². The van der Waals surface area contributed by atoms with Crippen molar-refractivity contribution in [2.45, 2.75) is 0 Å². The van der Waals surface area contributed by atoms with Crippen molar-refractivity contribution < 1.29 is 4.79 Å². The highest BCUT2D eigenvalue weighted by molar-refractivity contribution is 9.10. The van der Waals surface area contributed by atoms with Crippen LogP contribution in [0.5, 0.6) is 0 Å². The molecule has 0 unspecified atom stereocenters. The van der Waals surface area contributed by atoms with E-state index in [1.54, 1.807) is 36.5 Å². The van der Waals surface area contributed by atoms with Gasteiger partial charge in [0.05, 0.1) is 15.6 Å². The van der Waals surface area contributed by atoms with Gasteiger partial charge in [0, 0.05) is 11.9 Å². The molecular weight excluding hydrogens is 363 g/mol. The standard InChI is InChI=1S/C14H9BrCl2N2O/c1-2-8-5-10(16)13(11(17)6-8)14(20)19-9-3-4-18-12(15)7-9/h2-7H,1H2,(H,18,19,20). The lowest BCUT2D eigenvalue weighted by atomic mass is 10.1. The summed E-state index contributed by atoms with van der Waals surface area (Å²) >= 11 is 15.4. The lowest BCUT2D eigenvalue weighted by Gasteiger charge is -2.09. The summed E-state index contributed by atoms with van der Waals surface area (Å²) in [5.41, 5.74) is 1.58. The summed E-state index contributed by atoms with van der Waals surface area (Å²) < 4.78 is 0.620. The molecule has 0 atom stereocenters. The Balaban J connectivity index is 2.32. The second-order valence-electron chi connectivity index (χ2n) is 3.89. The molecule has 0 bridgehead atoms. The minimum Gasteiger partial charge on any atom is -0.322 e. The Morgan fingerprint density at radius 2 is 1.95 bits per heavy atom. The SMILES string of the molecule is C=Cc1cc(Cl)c(C(=O)Nc2ccnc(Br)c2)c(Cl)c1. The Labute approximate surface area is 134 Å². The van der Waals surface area contributed by atoms with E-state index >= 15 is 0 Å². The van der Waals surface area contributed by atoms with Gasteiger partial charge in [-0.3, -0.25) is 4.79 Å². The first-order valence-electron chi connectivity index (χ1n) is 5.55. The molecule has 3 nitrogen and oxygen atoms in total. The van der Waals surface area contributed by atoms with Crippen LogP contribution in [0.15, 0.2) is 41.6 Å². The molecule has 1 aromatic heterocycles. The van der Waals surface area contributed by atoms with E-state index in [9.17, 15) is 4.79 Å². The van der Waals surface area contributed by atoms with Crippen molar-refractivity contribution in [3.63, 3.8) is 0 Å². The zero-order valence-corrected chi connectivity index (χ0v) is 13.3. The third-order valence-electron chi connectivity index (χ3n) is 2.51. The molecule has 0 saturated heterocycles. The zero-order chi connectivity index (χ0) is 14.7. The van der Waals surface area contributed by atoms with Crippen LogP contribution in [0.3, 0.4) is 0 Å².